The van der Waals surface area contributed by atoms with Gasteiger partial charge in [0.25, 0.3) is 0 Å². The fourth-order valence-corrected chi connectivity index (χ4v) is 2.45. The Hall–Kier alpha value is -1.35. The summed E-state index contributed by atoms with van der Waals surface area (Å²) in [5.74, 6) is 1.13. The van der Waals surface area contributed by atoms with Crippen LogP contribution in [0.4, 0.5) is 0 Å². The number of piperidine rings is 1. The van der Waals surface area contributed by atoms with Crippen molar-refractivity contribution in [2.75, 3.05) is 13.1 Å². The van der Waals surface area contributed by atoms with E-state index in [-0.39, 0.29) is 5.97 Å². The number of aryl methyl sites for hydroxylation is 1. The van der Waals surface area contributed by atoms with Crippen LogP contribution >= 0.6 is 0 Å². The lowest BCUT2D eigenvalue weighted by Gasteiger charge is -2.24. The normalized spacial score (nSPS) is 17.0. The molecular formula is C17H25NO2. The van der Waals surface area contributed by atoms with E-state index in [1.165, 1.54) is 18.4 Å². The molecule has 1 aliphatic heterocycles. The molecule has 1 aromatic rings. The van der Waals surface area contributed by atoms with Crippen LogP contribution in [0.1, 0.15) is 50.7 Å². The molecule has 20 heavy (non-hydrogen) atoms. The smallest absolute Gasteiger partial charge is 0.316 e. The molecule has 110 valence electrons. The predicted molar refractivity (Wildman–Crippen MR) is 81.1 cm³/mol. The van der Waals surface area contributed by atoms with Gasteiger partial charge >= 0.3 is 5.97 Å². The Morgan fingerprint density at radius 2 is 1.90 bits per heavy atom. The number of ether oxygens (including phenoxy) is 1. The molecule has 1 saturated heterocycles. The standard InChI is InChI=1S/C17H25NO2/c1-12-11-14(13-7-9-18-10-8-13)5-6-15(12)20-16(19)17(2,3)4/h5-6,11,13,18H,7-10H2,1-4H3. The first-order chi connectivity index (χ1) is 9.38. The van der Waals surface area contributed by atoms with Crippen LogP contribution in [0.5, 0.6) is 5.75 Å². The number of esters is 1. The average molecular weight is 275 g/mol. The number of hydrogen-bond donors (Lipinski definition) is 1. The topological polar surface area (TPSA) is 38.3 Å². The first-order valence-electron chi connectivity index (χ1n) is 7.41. The Morgan fingerprint density at radius 1 is 1.25 bits per heavy atom. The second-order valence-electron chi connectivity index (χ2n) is 6.69. The van der Waals surface area contributed by atoms with Gasteiger partial charge in [0.05, 0.1) is 5.41 Å². The molecule has 2 rings (SSSR count). The molecule has 1 aromatic carbocycles. The monoisotopic (exact) mass is 275 g/mol. The van der Waals surface area contributed by atoms with E-state index >= 15 is 0 Å². The Balaban J connectivity index is 2.11. The Morgan fingerprint density at radius 3 is 2.45 bits per heavy atom. The van der Waals surface area contributed by atoms with Crippen LogP contribution < -0.4 is 10.1 Å². The maximum absolute atomic E-state index is 11.9. The quantitative estimate of drug-likeness (QED) is 0.664. The van der Waals surface area contributed by atoms with E-state index in [9.17, 15) is 4.79 Å². The molecule has 1 heterocycles. The van der Waals surface area contributed by atoms with Gasteiger partial charge in [0.2, 0.25) is 0 Å². The number of carbonyl (C=O) groups is 1. The summed E-state index contributed by atoms with van der Waals surface area (Å²) in [5, 5.41) is 3.38. The van der Waals surface area contributed by atoms with Gasteiger partial charge in [-0.15, -0.1) is 0 Å². The molecule has 0 saturated carbocycles. The third-order valence-electron chi connectivity index (χ3n) is 3.82. The summed E-state index contributed by atoms with van der Waals surface area (Å²) in [6, 6.07) is 6.21. The SMILES string of the molecule is Cc1cc(C2CCNCC2)ccc1OC(=O)C(C)(C)C. The van der Waals surface area contributed by atoms with Crippen molar-refractivity contribution in [3.63, 3.8) is 0 Å². The van der Waals surface area contributed by atoms with E-state index in [0.717, 1.165) is 18.7 Å². The van der Waals surface area contributed by atoms with Gasteiger partial charge in [-0.25, -0.2) is 0 Å². The van der Waals surface area contributed by atoms with Gasteiger partial charge in [0, 0.05) is 0 Å². The van der Waals surface area contributed by atoms with Crippen molar-refractivity contribution in [3.05, 3.63) is 29.3 Å². The van der Waals surface area contributed by atoms with Crippen LogP contribution in [-0.4, -0.2) is 19.1 Å². The van der Waals surface area contributed by atoms with Gasteiger partial charge in [0.15, 0.2) is 0 Å². The van der Waals surface area contributed by atoms with E-state index < -0.39 is 5.41 Å². The largest absolute Gasteiger partial charge is 0.426 e. The lowest BCUT2D eigenvalue weighted by Crippen LogP contribution is -2.27. The molecule has 0 radical (unpaired) electrons. The summed E-state index contributed by atoms with van der Waals surface area (Å²) >= 11 is 0. The molecule has 0 bridgehead atoms. The fourth-order valence-electron chi connectivity index (χ4n) is 2.45. The maximum atomic E-state index is 11.9. The van der Waals surface area contributed by atoms with E-state index in [0.29, 0.717) is 11.7 Å². The minimum atomic E-state index is -0.472. The van der Waals surface area contributed by atoms with Gasteiger partial charge in [-0.1, -0.05) is 12.1 Å². The predicted octanol–water partition coefficient (Wildman–Crippen LogP) is 3.41. The molecule has 0 amide bonds. The molecule has 3 heteroatoms. The highest BCUT2D eigenvalue weighted by atomic mass is 16.5. The van der Waals surface area contributed by atoms with E-state index in [1.54, 1.807) is 0 Å². The van der Waals surface area contributed by atoms with E-state index in [1.807, 2.05) is 33.8 Å². The first kappa shape index (κ1) is 15.0. The highest BCUT2D eigenvalue weighted by Crippen LogP contribution is 2.30. The van der Waals surface area contributed by atoms with E-state index in [2.05, 4.69) is 17.4 Å². The summed E-state index contributed by atoms with van der Waals surface area (Å²) in [4.78, 5) is 11.9. The molecule has 0 aromatic heterocycles. The van der Waals surface area contributed by atoms with Gasteiger partial charge in [-0.3, -0.25) is 4.79 Å². The lowest BCUT2D eigenvalue weighted by molar-refractivity contribution is -0.143. The zero-order valence-corrected chi connectivity index (χ0v) is 13.0. The molecule has 0 unspecified atom stereocenters. The molecule has 0 atom stereocenters. The zero-order chi connectivity index (χ0) is 14.8. The van der Waals surface area contributed by atoms with Crippen molar-refractivity contribution in [2.24, 2.45) is 5.41 Å². The summed E-state index contributed by atoms with van der Waals surface area (Å²) in [7, 11) is 0. The molecule has 3 nitrogen and oxygen atoms in total. The van der Waals surface area contributed by atoms with Crippen LogP contribution in [-0.2, 0) is 4.79 Å². The fraction of sp³-hybridized carbons (Fsp3) is 0.588. The molecule has 1 N–H and O–H groups in total. The van der Waals surface area contributed by atoms with Crippen molar-refractivity contribution < 1.29 is 9.53 Å². The van der Waals surface area contributed by atoms with Gasteiger partial charge in [-0.05, 0) is 76.7 Å². The van der Waals surface area contributed by atoms with Gasteiger partial charge in [0.1, 0.15) is 5.75 Å². The van der Waals surface area contributed by atoms with Crippen LogP contribution in [0, 0.1) is 12.3 Å². The zero-order valence-electron chi connectivity index (χ0n) is 13.0. The second-order valence-corrected chi connectivity index (χ2v) is 6.69. The summed E-state index contributed by atoms with van der Waals surface area (Å²) in [5.41, 5.74) is 1.93. The lowest BCUT2D eigenvalue weighted by atomic mass is 9.89. The molecular weight excluding hydrogens is 250 g/mol. The van der Waals surface area contributed by atoms with Crippen molar-refractivity contribution in [1.82, 2.24) is 5.32 Å². The second kappa shape index (κ2) is 5.96. The Bertz CT molecular complexity index is 482. The third kappa shape index (κ3) is 3.60. The van der Waals surface area contributed by atoms with Crippen LogP contribution in [0.15, 0.2) is 18.2 Å². The Kier molecular flexibility index (Phi) is 4.48. The minimum absolute atomic E-state index is 0.185. The third-order valence-corrected chi connectivity index (χ3v) is 3.82. The summed E-state index contributed by atoms with van der Waals surface area (Å²) in [6.45, 7) is 9.79. The first-order valence-corrected chi connectivity index (χ1v) is 7.41. The number of benzene rings is 1. The highest BCUT2D eigenvalue weighted by Gasteiger charge is 2.24. The van der Waals surface area contributed by atoms with Crippen LogP contribution in [0.25, 0.3) is 0 Å². The highest BCUT2D eigenvalue weighted by molar-refractivity contribution is 5.78. The molecule has 1 aliphatic rings. The van der Waals surface area contributed by atoms with Crippen molar-refractivity contribution in [3.8, 4) is 5.75 Å². The summed E-state index contributed by atoms with van der Waals surface area (Å²) in [6.07, 6.45) is 2.36. The van der Waals surface area contributed by atoms with Crippen LogP contribution in [0.2, 0.25) is 0 Å². The minimum Gasteiger partial charge on any atom is -0.426 e. The molecule has 1 fully saturated rings. The van der Waals surface area contributed by atoms with Crippen molar-refractivity contribution in [1.29, 1.82) is 0 Å². The molecule has 0 aliphatic carbocycles. The number of nitrogens with one attached hydrogen (secondary N) is 1. The van der Waals surface area contributed by atoms with E-state index in [4.69, 9.17) is 4.74 Å². The van der Waals surface area contributed by atoms with Gasteiger partial charge in [-0.2, -0.15) is 0 Å². The van der Waals surface area contributed by atoms with Crippen molar-refractivity contribution in [2.45, 2.75) is 46.5 Å². The van der Waals surface area contributed by atoms with Gasteiger partial charge < -0.3 is 10.1 Å². The maximum Gasteiger partial charge on any atom is 0.316 e. The average Bonchev–Trinajstić information content (AvgIpc) is 2.41. The summed E-state index contributed by atoms with van der Waals surface area (Å²) < 4.78 is 5.50. The number of carbonyl (C=O) groups excluding carboxylic acids is 1. The molecule has 0 spiro atoms. The van der Waals surface area contributed by atoms with Crippen molar-refractivity contribution >= 4 is 5.97 Å². The number of hydrogen-bond acceptors (Lipinski definition) is 3. The Labute approximate surface area is 121 Å². The number of rotatable bonds is 2. The van der Waals surface area contributed by atoms with Crippen LogP contribution in [0.3, 0.4) is 0 Å².